The van der Waals surface area contributed by atoms with Crippen LogP contribution >= 0.6 is 11.8 Å². The molecule has 1 N–H and O–H groups in total. The van der Waals surface area contributed by atoms with E-state index in [-0.39, 0.29) is 17.5 Å². The van der Waals surface area contributed by atoms with Gasteiger partial charge in [0.1, 0.15) is 0 Å². The summed E-state index contributed by atoms with van der Waals surface area (Å²) in [6.07, 6.45) is 8.62. The summed E-state index contributed by atoms with van der Waals surface area (Å²) in [5.41, 5.74) is 0.0740. The van der Waals surface area contributed by atoms with Gasteiger partial charge in [-0.2, -0.15) is 0 Å². The third-order valence-electron chi connectivity index (χ3n) is 6.49. The Morgan fingerprint density at radius 2 is 1.85 bits per heavy atom. The predicted octanol–water partition coefficient (Wildman–Crippen LogP) is 3.26. The molecular weight excluding hydrogens is 348 g/mol. The largest absolute Gasteiger partial charge is 0.414 e. The van der Waals surface area contributed by atoms with Crippen molar-refractivity contribution in [2.45, 2.75) is 68.7 Å². The molecule has 0 radical (unpaired) electrons. The Bertz CT molecular complexity index is 624. The van der Waals surface area contributed by atoms with E-state index in [2.05, 4.69) is 27.3 Å². The molecule has 0 spiro atoms. The van der Waals surface area contributed by atoms with Gasteiger partial charge in [0.2, 0.25) is 11.8 Å². The van der Waals surface area contributed by atoms with Crippen molar-refractivity contribution in [2.75, 3.05) is 19.8 Å². The third kappa shape index (κ3) is 3.65. The van der Waals surface area contributed by atoms with Crippen LogP contribution in [-0.2, 0) is 4.79 Å². The summed E-state index contributed by atoms with van der Waals surface area (Å²) in [4.78, 5) is 14.6. The summed E-state index contributed by atoms with van der Waals surface area (Å²) < 4.78 is 5.76. The van der Waals surface area contributed by atoms with Gasteiger partial charge in [0.05, 0.1) is 11.8 Å². The number of rotatable bonds is 7. The van der Waals surface area contributed by atoms with Crippen molar-refractivity contribution in [2.24, 2.45) is 17.8 Å². The second-order valence-electron chi connectivity index (χ2n) is 8.83. The first-order valence-electron chi connectivity index (χ1n) is 9.90. The number of aromatic nitrogens is 2. The maximum absolute atomic E-state index is 12.6. The maximum Gasteiger partial charge on any atom is 0.277 e. The average Bonchev–Trinajstić information content (AvgIpc) is 3.00. The molecule has 0 unspecified atom stereocenters. The fourth-order valence-electron chi connectivity index (χ4n) is 5.90. The fourth-order valence-corrected chi connectivity index (χ4v) is 6.47. The lowest BCUT2D eigenvalue weighted by atomic mass is 9.53. The zero-order valence-electron chi connectivity index (χ0n) is 16.0. The molecule has 6 nitrogen and oxygen atoms in total. The Kier molecular flexibility index (Phi) is 5.03. The van der Waals surface area contributed by atoms with E-state index in [9.17, 15) is 4.79 Å². The van der Waals surface area contributed by atoms with Crippen LogP contribution in [0.1, 0.15) is 63.8 Å². The molecule has 4 saturated carbocycles. The molecule has 4 fully saturated rings. The Morgan fingerprint density at radius 3 is 2.38 bits per heavy atom. The normalized spacial score (nSPS) is 33.6. The lowest BCUT2D eigenvalue weighted by molar-refractivity contribution is -0.124. The van der Waals surface area contributed by atoms with Crippen LogP contribution in [0.2, 0.25) is 0 Å². The van der Waals surface area contributed by atoms with Crippen LogP contribution in [0.5, 0.6) is 0 Å². The summed E-state index contributed by atoms with van der Waals surface area (Å²) in [5.74, 6) is 3.60. The van der Waals surface area contributed by atoms with Crippen molar-refractivity contribution in [3.05, 3.63) is 5.89 Å². The number of hydrogen-bond acceptors (Lipinski definition) is 6. The van der Waals surface area contributed by atoms with Crippen molar-refractivity contribution in [3.8, 4) is 0 Å². The smallest absolute Gasteiger partial charge is 0.277 e. The number of thioether (sulfide) groups is 1. The summed E-state index contributed by atoms with van der Waals surface area (Å²) in [5, 5.41) is 12.1. The lowest BCUT2D eigenvalue weighted by Crippen LogP contribution is -2.60. The summed E-state index contributed by atoms with van der Waals surface area (Å²) in [6.45, 7) is 2.10. The molecule has 1 amide bonds. The van der Waals surface area contributed by atoms with Gasteiger partial charge in [-0.3, -0.25) is 9.69 Å². The van der Waals surface area contributed by atoms with Gasteiger partial charge in [0, 0.05) is 5.54 Å². The minimum atomic E-state index is 0.0740. The number of carbonyl (C=O) groups is 1. The minimum Gasteiger partial charge on any atom is -0.414 e. The summed E-state index contributed by atoms with van der Waals surface area (Å²) in [7, 11) is 4.01. The van der Waals surface area contributed by atoms with E-state index >= 15 is 0 Å². The van der Waals surface area contributed by atoms with Crippen LogP contribution in [0.4, 0.5) is 0 Å². The van der Waals surface area contributed by atoms with Crippen LogP contribution in [-0.4, -0.2) is 46.4 Å². The molecule has 0 aliphatic heterocycles. The van der Waals surface area contributed by atoms with Gasteiger partial charge < -0.3 is 9.73 Å². The Labute approximate surface area is 159 Å². The zero-order valence-corrected chi connectivity index (χ0v) is 16.8. The van der Waals surface area contributed by atoms with Gasteiger partial charge in [-0.05, 0) is 76.8 Å². The molecule has 4 bridgehead atoms. The van der Waals surface area contributed by atoms with Crippen molar-refractivity contribution < 1.29 is 9.21 Å². The first-order chi connectivity index (χ1) is 12.5. The van der Waals surface area contributed by atoms with Gasteiger partial charge in [-0.15, -0.1) is 10.2 Å². The molecule has 1 aromatic rings. The van der Waals surface area contributed by atoms with E-state index in [0.29, 0.717) is 16.9 Å². The number of hydrogen-bond donors (Lipinski definition) is 1. The van der Waals surface area contributed by atoms with Crippen LogP contribution in [0, 0.1) is 17.8 Å². The van der Waals surface area contributed by atoms with Gasteiger partial charge in [-0.25, -0.2) is 0 Å². The highest BCUT2D eigenvalue weighted by Gasteiger charge is 2.51. The van der Waals surface area contributed by atoms with Crippen molar-refractivity contribution in [1.29, 1.82) is 0 Å². The molecule has 0 aromatic carbocycles. The van der Waals surface area contributed by atoms with Crippen LogP contribution in [0.25, 0.3) is 0 Å². The summed E-state index contributed by atoms with van der Waals surface area (Å²) >= 11 is 1.35. The maximum atomic E-state index is 12.6. The molecule has 0 saturated heterocycles. The molecule has 1 aromatic heterocycles. The second-order valence-corrected chi connectivity index (χ2v) is 9.76. The van der Waals surface area contributed by atoms with Gasteiger partial charge >= 0.3 is 0 Å². The van der Waals surface area contributed by atoms with E-state index in [1.807, 2.05) is 14.1 Å². The summed E-state index contributed by atoms with van der Waals surface area (Å²) in [6, 6.07) is 0.123. The number of carbonyl (C=O) groups excluding carboxylic acids is 1. The second kappa shape index (κ2) is 7.15. The van der Waals surface area contributed by atoms with Crippen molar-refractivity contribution in [3.63, 3.8) is 0 Å². The topological polar surface area (TPSA) is 71.3 Å². The Hall–Kier alpha value is -1.08. The van der Waals surface area contributed by atoms with E-state index < -0.39 is 0 Å². The SMILES string of the molecule is CC[C@H](c1nnc(SCC(=O)NC23CC4CC(CC(C4)C2)C3)o1)N(C)C. The third-order valence-corrected chi connectivity index (χ3v) is 7.31. The number of nitrogens with one attached hydrogen (secondary N) is 1. The van der Waals surface area contributed by atoms with E-state index in [4.69, 9.17) is 4.42 Å². The van der Waals surface area contributed by atoms with E-state index in [1.54, 1.807) is 0 Å². The average molecular weight is 379 g/mol. The first kappa shape index (κ1) is 18.3. The van der Waals surface area contributed by atoms with Crippen molar-refractivity contribution >= 4 is 17.7 Å². The van der Waals surface area contributed by atoms with Crippen molar-refractivity contribution in [1.82, 2.24) is 20.4 Å². The standard InChI is InChI=1S/C19H30N4O2S/c1-4-15(23(2)3)17-21-22-18(25-17)26-11-16(24)20-19-8-12-5-13(9-19)7-14(6-12)10-19/h12-15H,4-11H2,1-3H3,(H,20,24)/t12?,13?,14?,15-,19?/m1/s1. The van der Waals surface area contributed by atoms with Gasteiger partial charge in [-0.1, -0.05) is 18.7 Å². The van der Waals surface area contributed by atoms with E-state index in [1.165, 1.54) is 50.3 Å². The highest BCUT2D eigenvalue weighted by Crippen LogP contribution is 2.55. The van der Waals surface area contributed by atoms with E-state index in [0.717, 1.165) is 24.2 Å². The molecule has 5 rings (SSSR count). The molecule has 4 aliphatic rings. The Balaban J connectivity index is 1.31. The van der Waals surface area contributed by atoms with Gasteiger partial charge in [0.25, 0.3) is 5.22 Å². The molecule has 4 aliphatic carbocycles. The lowest BCUT2D eigenvalue weighted by Gasteiger charge is -2.56. The number of amides is 1. The highest BCUT2D eigenvalue weighted by molar-refractivity contribution is 7.99. The Morgan fingerprint density at radius 1 is 1.23 bits per heavy atom. The van der Waals surface area contributed by atoms with Crippen LogP contribution < -0.4 is 5.32 Å². The molecule has 1 heterocycles. The highest BCUT2D eigenvalue weighted by atomic mass is 32.2. The molecular formula is C19H30N4O2S. The van der Waals surface area contributed by atoms with Crippen LogP contribution in [0.15, 0.2) is 9.64 Å². The quantitative estimate of drug-likeness (QED) is 0.734. The zero-order chi connectivity index (χ0) is 18.3. The van der Waals surface area contributed by atoms with Gasteiger partial charge in [0.15, 0.2) is 0 Å². The first-order valence-corrected chi connectivity index (χ1v) is 10.9. The molecule has 26 heavy (non-hydrogen) atoms. The monoisotopic (exact) mass is 378 g/mol. The molecule has 1 atom stereocenters. The van der Waals surface area contributed by atoms with Crippen LogP contribution in [0.3, 0.4) is 0 Å². The minimum absolute atomic E-state index is 0.0740. The molecule has 7 heteroatoms. The predicted molar refractivity (Wildman–Crippen MR) is 101 cm³/mol. The number of nitrogens with zero attached hydrogens (tertiary/aromatic N) is 3. The molecule has 144 valence electrons. The fraction of sp³-hybridized carbons (Fsp3) is 0.842.